The molecule has 3 rings (SSSR count). The van der Waals surface area contributed by atoms with Crippen molar-refractivity contribution in [2.45, 2.75) is 17.1 Å². The Balaban J connectivity index is 1.93. The molecule has 7 heteroatoms. The molecular weight excluding hydrogens is 379 g/mol. The second-order valence-electron chi connectivity index (χ2n) is 6.31. The maximum atomic E-state index is 13.6. The molecule has 144 valence electrons. The molecule has 0 aliphatic rings. The van der Waals surface area contributed by atoms with Crippen LogP contribution in [-0.4, -0.2) is 25.9 Å². The van der Waals surface area contributed by atoms with Crippen molar-refractivity contribution in [3.63, 3.8) is 0 Å². The normalized spacial score (nSPS) is 12.4. The van der Waals surface area contributed by atoms with Gasteiger partial charge in [-0.3, -0.25) is 9.78 Å². The first-order valence-electron chi connectivity index (χ1n) is 8.63. The average molecular weight is 398 g/mol. The van der Waals surface area contributed by atoms with Gasteiger partial charge < -0.3 is 5.32 Å². The van der Waals surface area contributed by atoms with E-state index in [0.717, 1.165) is 6.07 Å². The number of aromatic nitrogens is 1. The number of aryl methyl sites for hydroxylation is 1. The second-order valence-corrected chi connectivity index (χ2v) is 8.44. The molecule has 28 heavy (non-hydrogen) atoms. The van der Waals surface area contributed by atoms with Crippen molar-refractivity contribution in [2.24, 2.45) is 0 Å². The van der Waals surface area contributed by atoms with Gasteiger partial charge in [-0.15, -0.1) is 0 Å². The van der Waals surface area contributed by atoms with Crippen molar-refractivity contribution in [3.05, 3.63) is 95.6 Å². The van der Waals surface area contributed by atoms with Crippen LogP contribution in [0.15, 0.2) is 78.0 Å². The van der Waals surface area contributed by atoms with Crippen LogP contribution in [-0.2, 0) is 9.84 Å². The molecule has 1 amide bonds. The van der Waals surface area contributed by atoms with E-state index in [2.05, 4.69) is 10.3 Å². The van der Waals surface area contributed by atoms with Crippen LogP contribution in [0.25, 0.3) is 0 Å². The Bertz CT molecular complexity index is 1070. The number of hydrogen-bond acceptors (Lipinski definition) is 4. The summed E-state index contributed by atoms with van der Waals surface area (Å²) in [5.41, 5.74) is 1.11. The van der Waals surface area contributed by atoms with Crippen molar-refractivity contribution in [1.82, 2.24) is 10.3 Å². The van der Waals surface area contributed by atoms with Crippen LogP contribution in [0.4, 0.5) is 4.39 Å². The highest BCUT2D eigenvalue weighted by Crippen LogP contribution is 2.29. The van der Waals surface area contributed by atoms with Gasteiger partial charge in [0.2, 0.25) is 0 Å². The lowest BCUT2D eigenvalue weighted by molar-refractivity contribution is 0.0953. The number of rotatable bonds is 6. The Kier molecular flexibility index (Phi) is 5.84. The number of carbonyl (C=O) groups is 1. The Morgan fingerprint density at radius 2 is 1.86 bits per heavy atom. The van der Waals surface area contributed by atoms with Crippen molar-refractivity contribution in [1.29, 1.82) is 0 Å². The van der Waals surface area contributed by atoms with Crippen LogP contribution in [0.2, 0.25) is 0 Å². The van der Waals surface area contributed by atoms with E-state index in [4.69, 9.17) is 0 Å². The zero-order valence-corrected chi connectivity index (χ0v) is 16.0. The summed E-state index contributed by atoms with van der Waals surface area (Å²) >= 11 is 0. The van der Waals surface area contributed by atoms with Crippen molar-refractivity contribution in [3.8, 4) is 0 Å². The van der Waals surface area contributed by atoms with Crippen LogP contribution in [0.1, 0.15) is 26.7 Å². The van der Waals surface area contributed by atoms with Crippen molar-refractivity contribution < 1.29 is 17.6 Å². The minimum atomic E-state index is -3.89. The third-order valence-corrected chi connectivity index (χ3v) is 6.47. The molecule has 0 spiro atoms. The molecule has 5 nitrogen and oxygen atoms in total. The van der Waals surface area contributed by atoms with E-state index in [1.54, 1.807) is 42.5 Å². The molecule has 0 saturated heterocycles. The highest BCUT2D eigenvalue weighted by Gasteiger charge is 2.30. The van der Waals surface area contributed by atoms with E-state index in [9.17, 15) is 17.6 Å². The number of benzene rings is 2. The van der Waals surface area contributed by atoms with Gasteiger partial charge in [-0.1, -0.05) is 24.3 Å². The third kappa shape index (κ3) is 4.26. The number of amides is 1. The van der Waals surface area contributed by atoms with Crippen molar-refractivity contribution >= 4 is 15.7 Å². The Morgan fingerprint density at radius 1 is 1.11 bits per heavy atom. The number of carbonyl (C=O) groups excluding carboxylic acids is 1. The van der Waals surface area contributed by atoms with E-state index < -0.39 is 20.9 Å². The first-order chi connectivity index (χ1) is 13.4. The van der Waals surface area contributed by atoms with E-state index in [1.165, 1.54) is 31.5 Å². The minimum Gasteiger partial charge on any atom is -0.350 e. The van der Waals surface area contributed by atoms with E-state index in [1.807, 2.05) is 0 Å². The van der Waals surface area contributed by atoms with Gasteiger partial charge in [0, 0.05) is 24.5 Å². The summed E-state index contributed by atoms with van der Waals surface area (Å²) in [5, 5.41) is 1.62. The number of halogens is 1. The smallest absolute Gasteiger partial charge is 0.251 e. The van der Waals surface area contributed by atoms with Gasteiger partial charge in [0.25, 0.3) is 5.91 Å². The molecule has 0 radical (unpaired) electrons. The zero-order chi connectivity index (χ0) is 20.1. The predicted octanol–water partition coefficient (Wildman–Crippen LogP) is 3.47. The van der Waals surface area contributed by atoms with Gasteiger partial charge in [-0.05, 0) is 54.4 Å². The fourth-order valence-corrected chi connectivity index (χ4v) is 4.54. The molecular formula is C21H19FN2O3S. The quantitative estimate of drug-likeness (QED) is 0.645. The first-order valence-corrected chi connectivity index (χ1v) is 10.2. The fourth-order valence-electron chi connectivity index (χ4n) is 2.81. The van der Waals surface area contributed by atoms with Gasteiger partial charge in [0.05, 0.1) is 4.90 Å². The standard InChI is InChI=1S/C21H19FN2O3S/c1-15-12-18(9-10-19(15)22)28(26,27)20(17-8-5-11-23-13-17)14-24-21(25)16-6-3-2-4-7-16/h2-13,20H,14H2,1H3,(H,24,25). The summed E-state index contributed by atoms with van der Waals surface area (Å²) in [6.07, 6.45) is 2.99. The maximum absolute atomic E-state index is 13.6. The van der Waals surface area contributed by atoms with Gasteiger partial charge in [-0.25, -0.2) is 12.8 Å². The fraction of sp³-hybridized carbons (Fsp3) is 0.143. The summed E-state index contributed by atoms with van der Waals surface area (Å²) < 4.78 is 40.1. The lowest BCUT2D eigenvalue weighted by Gasteiger charge is -2.19. The summed E-state index contributed by atoms with van der Waals surface area (Å²) in [6.45, 7) is 1.36. The molecule has 0 aliphatic heterocycles. The molecule has 1 unspecified atom stereocenters. The molecule has 3 aromatic rings. The second kappa shape index (κ2) is 8.31. The molecule has 0 saturated carbocycles. The summed E-state index contributed by atoms with van der Waals surface area (Å²) in [7, 11) is -3.89. The van der Waals surface area contributed by atoms with Crippen molar-refractivity contribution in [2.75, 3.05) is 6.54 Å². The molecule has 0 fully saturated rings. The molecule has 1 heterocycles. The van der Waals surface area contributed by atoms with Crippen LogP contribution in [0, 0.1) is 12.7 Å². The summed E-state index contributed by atoms with van der Waals surface area (Å²) in [5.74, 6) is -0.853. The first kappa shape index (κ1) is 19.7. The van der Waals surface area contributed by atoms with E-state index in [0.29, 0.717) is 11.1 Å². The molecule has 1 atom stereocenters. The SMILES string of the molecule is Cc1cc(S(=O)(=O)C(CNC(=O)c2ccccc2)c2cccnc2)ccc1F. The molecule has 1 N–H and O–H groups in total. The number of pyridine rings is 1. The molecule has 0 bridgehead atoms. The van der Waals surface area contributed by atoms with E-state index in [-0.39, 0.29) is 22.9 Å². The highest BCUT2D eigenvalue weighted by molar-refractivity contribution is 7.91. The number of nitrogens with zero attached hydrogens (tertiary/aromatic N) is 1. The van der Waals surface area contributed by atoms with Gasteiger partial charge in [0.15, 0.2) is 9.84 Å². The van der Waals surface area contributed by atoms with E-state index >= 15 is 0 Å². The monoisotopic (exact) mass is 398 g/mol. The minimum absolute atomic E-state index is 0.00536. The van der Waals surface area contributed by atoms with Crippen LogP contribution >= 0.6 is 0 Å². The third-order valence-electron chi connectivity index (χ3n) is 4.37. The molecule has 0 aliphatic carbocycles. The van der Waals surface area contributed by atoms with Gasteiger partial charge in [0.1, 0.15) is 11.1 Å². The Morgan fingerprint density at radius 3 is 2.50 bits per heavy atom. The lowest BCUT2D eigenvalue weighted by Crippen LogP contribution is -2.32. The summed E-state index contributed by atoms with van der Waals surface area (Å²) in [4.78, 5) is 16.4. The predicted molar refractivity (Wildman–Crippen MR) is 104 cm³/mol. The maximum Gasteiger partial charge on any atom is 0.251 e. The van der Waals surface area contributed by atoms with Crippen LogP contribution < -0.4 is 5.32 Å². The number of nitrogens with one attached hydrogen (secondary N) is 1. The average Bonchev–Trinajstić information content (AvgIpc) is 2.71. The number of sulfone groups is 1. The lowest BCUT2D eigenvalue weighted by atomic mass is 10.2. The van der Waals surface area contributed by atoms with Gasteiger partial charge >= 0.3 is 0 Å². The van der Waals surface area contributed by atoms with Gasteiger partial charge in [-0.2, -0.15) is 0 Å². The summed E-state index contributed by atoms with van der Waals surface area (Å²) in [6, 6.07) is 15.5. The van der Waals surface area contributed by atoms with Crippen LogP contribution in [0.3, 0.4) is 0 Å². The zero-order valence-electron chi connectivity index (χ0n) is 15.2. The largest absolute Gasteiger partial charge is 0.350 e. The number of hydrogen-bond donors (Lipinski definition) is 1. The Labute approximate surface area is 163 Å². The topological polar surface area (TPSA) is 76.1 Å². The van der Waals surface area contributed by atoms with Crippen LogP contribution in [0.5, 0.6) is 0 Å². The highest BCUT2D eigenvalue weighted by atomic mass is 32.2. The molecule has 2 aromatic carbocycles. The molecule has 1 aromatic heterocycles. The Hall–Kier alpha value is -3.06.